The topological polar surface area (TPSA) is 38.9 Å². The number of thiazole rings is 1. The van der Waals surface area contributed by atoms with Gasteiger partial charge in [-0.2, -0.15) is 0 Å². The van der Waals surface area contributed by atoms with Gasteiger partial charge in [0.05, 0.1) is 20.2 Å². The average molecular weight is 241 g/mol. The lowest BCUT2D eigenvalue weighted by Gasteiger charge is -2.06. The molecule has 1 atom stereocenters. The van der Waals surface area contributed by atoms with Gasteiger partial charge in [0.15, 0.2) is 0 Å². The third-order valence-corrected chi connectivity index (χ3v) is 4.20. The van der Waals surface area contributed by atoms with E-state index in [1.165, 1.54) is 0 Å². The van der Waals surface area contributed by atoms with Gasteiger partial charge in [-0.15, -0.1) is 11.3 Å². The molecule has 2 N–H and O–H groups in total. The largest absolute Gasteiger partial charge is 0.330 e. The fourth-order valence-electron chi connectivity index (χ4n) is 1.55. The molecule has 1 aromatic heterocycles. The molecule has 0 aliphatic heterocycles. The van der Waals surface area contributed by atoms with Gasteiger partial charge in [0.2, 0.25) is 0 Å². The Morgan fingerprint density at radius 3 is 2.93 bits per heavy atom. The quantitative estimate of drug-likeness (QED) is 0.893. The number of nitrogens with two attached hydrogens (primary N) is 1. The van der Waals surface area contributed by atoms with Crippen LogP contribution >= 0.6 is 22.9 Å². The first-order valence-electron chi connectivity index (χ1n) is 5.01. The second-order valence-electron chi connectivity index (χ2n) is 3.48. The van der Waals surface area contributed by atoms with Crippen LogP contribution in [0.2, 0.25) is 5.02 Å². The fourth-order valence-corrected chi connectivity index (χ4v) is 3.00. The Kier molecular flexibility index (Phi) is 3.24. The van der Waals surface area contributed by atoms with Crippen LogP contribution in [0.25, 0.3) is 10.2 Å². The van der Waals surface area contributed by atoms with Gasteiger partial charge in [0.1, 0.15) is 0 Å². The Labute approximate surface area is 98.1 Å². The summed E-state index contributed by atoms with van der Waals surface area (Å²) < 4.78 is 1.07. The summed E-state index contributed by atoms with van der Waals surface area (Å²) >= 11 is 7.76. The summed E-state index contributed by atoms with van der Waals surface area (Å²) in [5.41, 5.74) is 6.69. The van der Waals surface area contributed by atoms with Crippen LogP contribution in [-0.2, 0) is 0 Å². The lowest BCUT2D eigenvalue weighted by Crippen LogP contribution is -2.10. The Bertz CT molecular complexity index is 463. The van der Waals surface area contributed by atoms with E-state index in [4.69, 9.17) is 17.3 Å². The zero-order valence-electron chi connectivity index (χ0n) is 8.53. The summed E-state index contributed by atoms with van der Waals surface area (Å²) in [6.45, 7) is 2.78. The van der Waals surface area contributed by atoms with Crippen LogP contribution < -0.4 is 5.73 Å². The van der Waals surface area contributed by atoms with Crippen LogP contribution in [0.15, 0.2) is 18.2 Å². The highest BCUT2D eigenvalue weighted by molar-refractivity contribution is 7.19. The number of hydrogen-bond donors (Lipinski definition) is 1. The zero-order chi connectivity index (χ0) is 10.8. The van der Waals surface area contributed by atoms with E-state index in [2.05, 4.69) is 11.9 Å². The third-order valence-electron chi connectivity index (χ3n) is 2.51. The molecule has 80 valence electrons. The molecule has 0 aliphatic rings. The van der Waals surface area contributed by atoms with Crippen LogP contribution in [0, 0.1) is 0 Å². The van der Waals surface area contributed by atoms with Crippen molar-refractivity contribution in [1.29, 1.82) is 0 Å². The summed E-state index contributed by atoms with van der Waals surface area (Å²) in [5, 5.41) is 1.88. The normalized spacial score (nSPS) is 13.3. The number of nitrogens with zero attached hydrogens (tertiary/aromatic N) is 1. The fraction of sp³-hybridized carbons (Fsp3) is 0.364. The maximum Gasteiger partial charge on any atom is 0.0982 e. The monoisotopic (exact) mass is 240 g/mol. The molecule has 2 nitrogen and oxygen atoms in total. The SMILES string of the molecule is CCC(CN)c1nc2cccc(Cl)c2s1. The van der Waals surface area contributed by atoms with E-state index in [0.29, 0.717) is 12.5 Å². The predicted molar refractivity (Wildman–Crippen MR) is 66.7 cm³/mol. The second-order valence-corrected chi connectivity index (χ2v) is 4.92. The minimum atomic E-state index is 0.360. The average Bonchev–Trinajstić information content (AvgIpc) is 2.65. The van der Waals surface area contributed by atoms with Crippen molar-refractivity contribution in [3.8, 4) is 0 Å². The van der Waals surface area contributed by atoms with Gasteiger partial charge in [-0.3, -0.25) is 0 Å². The zero-order valence-corrected chi connectivity index (χ0v) is 10.1. The first-order valence-corrected chi connectivity index (χ1v) is 6.20. The minimum Gasteiger partial charge on any atom is -0.330 e. The summed E-state index contributed by atoms with van der Waals surface area (Å²) in [5.74, 6) is 0.360. The molecular formula is C11H13ClN2S. The predicted octanol–water partition coefficient (Wildman–Crippen LogP) is 3.40. The summed E-state index contributed by atoms with van der Waals surface area (Å²) in [7, 11) is 0. The van der Waals surface area contributed by atoms with E-state index in [1.807, 2.05) is 18.2 Å². The highest BCUT2D eigenvalue weighted by atomic mass is 35.5. The first kappa shape index (κ1) is 10.9. The molecule has 1 unspecified atom stereocenters. The number of hydrogen-bond acceptors (Lipinski definition) is 3. The highest BCUT2D eigenvalue weighted by Gasteiger charge is 2.13. The van der Waals surface area contributed by atoms with Gasteiger partial charge in [-0.1, -0.05) is 24.6 Å². The molecule has 0 radical (unpaired) electrons. The van der Waals surface area contributed by atoms with Gasteiger partial charge in [-0.05, 0) is 18.6 Å². The van der Waals surface area contributed by atoms with Gasteiger partial charge >= 0.3 is 0 Å². The number of aromatic nitrogens is 1. The minimum absolute atomic E-state index is 0.360. The number of halogens is 1. The molecule has 0 amide bonds. The van der Waals surface area contributed by atoms with Crippen molar-refractivity contribution in [3.63, 3.8) is 0 Å². The highest BCUT2D eigenvalue weighted by Crippen LogP contribution is 2.33. The Hall–Kier alpha value is -0.640. The molecule has 2 aromatic rings. The van der Waals surface area contributed by atoms with E-state index in [1.54, 1.807) is 11.3 Å². The Morgan fingerprint density at radius 2 is 2.33 bits per heavy atom. The lowest BCUT2D eigenvalue weighted by molar-refractivity contribution is 0.671. The molecular weight excluding hydrogens is 228 g/mol. The van der Waals surface area contributed by atoms with Crippen molar-refractivity contribution in [2.75, 3.05) is 6.54 Å². The number of benzene rings is 1. The van der Waals surface area contributed by atoms with Crippen LogP contribution in [0.3, 0.4) is 0 Å². The van der Waals surface area contributed by atoms with Crippen LogP contribution in [0.4, 0.5) is 0 Å². The van der Waals surface area contributed by atoms with E-state index in [-0.39, 0.29) is 0 Å². The maximum absolute atomic E-state index is 6.10. The molecule has 0 aliphatic carbocycles. The van der Waals surface area contributed by atoms with Crippen molar-refractivity contribution in [2.45, 2.75) is 19.3 Å². The molecule has 0 saturated heterocycles. The number of rotatable bonds is 3. The van der Waals surface area contributed by atoms with E-state index < -0.39 is 0 Å². The van der Waals surface area contributed by atoms with E-state index >= 15 is 0 Å². The van der Waals surface area contributed by atoms with Gasteiger partial charge < -0.3 is 5.73 Å². The molecule has 4 heteroatoms. The molecule has 0 saturated carbocycles. The number of fused-ring (bicyclic) bond motifs is 1. The standard InChI is InChI=1S/C11H13ClN2S/c1-2-7(6-13)11-14-9-5-3-4-8(12)10(9)15-11/h3-5,7H,2,6,13H2,1H3. The Morgan fingerprint density at radius 1 is 1.53 bits per heavy atom. The van der Waals surface area contributed by atoms with Crippen molar-refractivity contribution in [1.82, 2.24) is 4.98 Å². The van der Waals surface area contributed by atoms with Crippen molar-refractivity contribution in [2.24, 2.45) is 5.73 Å². The molecule has 1 heterocycles. The van der Waals surface area contributed by atoms with Crippen molar-refractivity contribution in [3.05, 3.63) is 28.2 Å². The molecule has 1 aromatic carbocycles. The second kappa shape index (κ2) is 4.47. The molecule has 0 fully saturated rings. The van der Waals surface area contributed by atoms with Crippen molar-refractivity contribution >= 4 is 33.2 Å². The van der Waals surface area contributed by atoms with E-state index in [0.717, 1.165) is 26.7 Å². The first-order chi connectivity index (χ1) is 7.26. The molecule has 2 rings (SSSR count). The molecule has 15 heavy (non-hydrogen) atoms. The molecule has 0 bridgehead atoms. The third kappa shape index (κ3) is 2.00. The van der Waals surface area contributed by atoms with Gasteiger partial charge in [-0.25, -0.2) is 4.98 Å². The van der Waals surface area contributed by atoms with Crippen molar-refractivity contribution < 1.29 is 0 Å². The lowest BCUT2D eigenvalue weighted by atomic mass is 10.1. The van der Waals surface area contributed by atoms with Crippen LogP contribution in [0.5, 0.6) is 0 Å². The summed E-state index contributed by atoms with van der Waals surface area (Å²) in [6.07, 6.45) is 1.02. The summed E-state index contributed by atoms with van der Waals surface area (Å²) in [4.78, 5) is 4.57. The van der Waals surface area contributed by atoms with Gasteiger partial charge in [0, 0.05) is 12.5 Å². The maximum atomic E-state index is 6.10. The van der Waals surface area contributed by atoms with Crippen LogP contribution in [-0.4, -0.2) is 11.5 Å². The van der Waals surface area contributed by atoms with Crippen LogP contribution in [0.1, 0.15) is 24.3 Å². The van der Waals surface area contributed by atoms with Gasteiger partial charge in [0.25, 0.3) is 0 Å². The molecule has 0 spiro atoms. The smallest absolute Gasteiger partial charge is 0.0982 e. The Balaban J connectivity index is 2.51. The van der Waals surface area contributed by atoms with E-state index in [9.17, 15) is 0 Å². The summed E-state index contributed by atoms with van der Waals surface area (Å²) in [6, 6.07) is 5.82.